The van der Waals surface area contributed by atoms with Gasteiger partial charge in [0.15, 0.2) is 5.13 Å². The van der Waals surface area contributed by atoms with Crippen molar-refractivity contribution in [3.63, 3.8) is 0 Å². The first-order valence-corrected chi connectivity index (χ1v) is 8.57. The first kappa shape index (κ1) is 16.7. The Balaban J connectivity index is 0.00000161. The molecular weight excluding hydrogens is 326 g/mol. The zero-order valence-electron chi connectivity index (χ0n) is 11.6. The van der Waals surface area contributed by atoms with E-state index in [0.29, 0.717) is 11.2 Å². The molecule has 2 aromatic heterocycles. The van der Waals surface area contributed by atoms with Crippen LogP contribution in [0.15, 0.2) is 23.7 Å². The van der Waals surface area contributed by atoms with E-state index in [2.05, 4.69) is 9.88 Å². The number of nitrogen functional groups attached to an aromatic ring is 1. The molecule has 0 amide bonds. The van der Waals surface area contributed by atoms with Crippen molar-refractivity contribution in [2.75, 3.05) is 12.3 Å². The van der Waals surface area contributed by atoms with Crippen LogP contribution in [0.25, 0.3) is 0 Å². The Morgan fingerprint density at radius 1 is 1.52 bits per heavy atom. The Hall–Kier alpha value is -0.660. The SMILES string of the molecule is Cl.Nc1ncc(CN2CCCC2CC(O)c2cccs2)s1. The number of aliphatic hydroxyl groups is 1. The second-order valence-corrected chi connectivity index (χ2v) is 7.32. The summed E-state index contributed by atoms with van der Waals surface area (Å²) in [4.78, 5) is 8.83. The molecule has 0 spiro atoms. The number of nitrogens with two attached hydrogens (primary N) is 1. The van der Waals surface area contributed by atoms with E-state index in [1.54, 1.807) is 22.7 Å². The molecule has 1 fully saturated rings. The third-order valence-electron chi connectivity index (χ3n) is 3.80. The maximum Gasteiger partial charge on any atom is 0.180 e. The van der Waals surface area contributed by atoms with E-state index < -0.39 is 0 Å². The highest BCUT2D eigenvalue weighted by Crippen LogP contribution is 2.31. The average Bonchev–Trinajstić information content (AvgIpc) is 3.13. The lowest BCUT2D eigenvalue weighted by molar-refractivity contribution is 0.121. The highest BCUT2D eigenvalue weighted by atomic mass is 35.5. The lowest BCUT2D eigenvalue weighted by Gasteiger charge is -2.25. The molecule has 2 aromatic rings. The minimum absolute atomic E-state index is 0. The molecule has 2 unspecified atom stereocenters. The Kier molecular flexibility index (Phi) is 6.01. The van der Waals surface area contributed by atoms with Gasteiger partial charge in [-0.3, -0.25) is 4.90 Å². The maximum absolute atomic E-state index is 10.3. The van der Waals surface area contributed by atoms with E-state index in [1.165, 1.54) is 11.3 Å². The van der Waals surface area contributed by atoms with Crippen molar-refractivity contribution in [3.8, 4) is 0 Å². The molecule has 0 radical (unpaired) electrons. The van der Waals surface area contributed by atoms with E-state index in [-0.39, 0.29) is 18.5 Å². The summed E-state index contributed by atoms with van der Waals surface area (Å²) in [5.74, 6) is 0. The van der Waals surface area contributed by atoms with Gasteiger partial charge >= 0.3 is 0 Å². The molecule has 7 heteroatoms. The second kappa shape index (κ2) is 7.56. The summed E-state index contributed by atoms with van der Waals surface area (Å²) in [5.41, 5.74) is 5.68. The number of nitrogens with zero attached hydrogens (tertiary/aromatic N) is 2. The van der Waals surface area contributed by atoms with Crippen molar-refractivity contribution in [3.05, 3.63) is 33.5 Å². The summed E-state index contributed by atoms with van der Waals surface area (Å²) < 4.78 is 0. The van der Waals surface area contributed by atoms with Crippen LogP contribution in [0.2, 0.25) is 0 Å². The largest absolute Gasteiger partial charge is 0.388 e. The number of rotatable bonds is 5. The van der Waals surface area contributed by atoms with Gasteiger partial charge in [-0.1, -0.05) is 6.07 Å². The zero-order valence-corrected chi connectivity index (χ0v) is 14.1. The van der Waals surface area contributed by atoms with E-state index in [4.69, 9.17) is 5.73 Å². The van der Waals surface area contributed by atoms with Crippen LogP contribution in [-0.4, -0.2) is 27.6 Å². The number of hydrogen-bond donors (Lipinski definition) is 2. The van der Waals surface area contributed by atoms with Gasteiger partial charge in [0.2, 0.25) is 0 Å². The number of likely N-dealkylation sites (tertiary alicyclic amines) is 1. The maximum atomic E-state index is 10.3. The van der Waals surface area contributed by atoms with Gasteiger partial charge in [0.25, 0.3) is 0 Å². The predicted molar refractivity (Wildman–Crippen MR) is 91.1 cm³/mol. The van der Waals surface area contributed by atoms with Crippen molar-refractivity contribution in [2.45, 2.75) is 38.0 Å². The molecule has 1 aliphatic heterocycles. The Bertz CT molecular complexity index is 546. The number of aliphatic hydroxyl groups excluding tert-OH is 1. The highest BCUT2D eigenvalue weighted by Gasteiger charge is 2.27. The van der Waals surface area contributed by atoms with Crippen molar-refractivity contribution < 1.29 is 5.11 Å². The van der Waals surface area contributed by atoms with Crippen LogP contribution in [0, 0.1) is 0 Å². The molecular formula is C14H20ClN3OS2. The smallest absolute Gasteiger partial charge is 0.180 e. The lowest BCUT2D eigenvalue weighted by Crippen LogP contribution is -2.30. The lowest BCUT2D eigenvalue weighted by atomic mass is 10.1. The molecule has 1 aliphatic rings. The molecule has 4 nitrogen and oxygen atoms in total. The van der Waals surface area contributed by atoms with E-state index in [1.807, 2.05) is 23.7 Å². The molecule has 0 aliphatic carbocycles. The van der Waals surface area contributed by atoms with Crippen molar-refractivity contribution in [1.82, 2.24) is 9.88 Å². The summed E-state index contributed by atoms with van der Waals surface area (Å²) in [6.07, 6.45) is 4.71. The van der Waals surface area contributed by atoms with Gasteiger partial charge in [-0.05, 0) is 37.3 Å². The minimum atomic E-state index is -0.341. The first-order valence-electron chi connectivity index (χ1n) is 6.88. The average molecular weight is 346 g/mol. The fourth-order valence-electron chi connectivity index (χ4n) is 2.82. The standard InChI is InChI=1S/C14H19N3OS2.ClH/c15-14-16-8-11(20-14)9-17-5-1-3-10(17)7-12(18)13-4-2-6-19-13;/h2,4,6,8,10,12,18H,1,3,5,7,9H2,(H2,15,16);1H. The van der Waals surface area contributed by atoms with Crippen LogP contribution in [0.1, 0.15) is 35.1 Å². The summed E-state index contributed by atoms with van der Waals surface area (Å²) in [5, 5.41) is 13.0. The number of anilines is 1. The summed E-state index contributed by atoms with van der Waals surface area (Å²) >= 11 is 3.19. The Labute approximate surface area is 139 Å². The minimum Gasteiger partial charge on any atom is -0.388 e. The molecule has 0 aromatic carbocycles. The number of halogens is 1. The topological polar surface area (TPSA) is 62.4 Å². The van der Waals surface area contributed by atoms with Crippen LogP contribution in [0.5, 0.6) is 0 Å². The summed E-state index contributed by atoms with van der Waals surface area (Å²) in [6, 6.07) is 4.46. The van der Waals surface area contributed by atoms with Crippen LogP contribution >= 0.6 is 35.1 Å². The third-order valence-corrected chi connectivity index (χ3v) is 5.58. The molecule has 3 N–H and O–H groups in total. The fourth-order valence-corrected chi connectivity index (χ4v) is 4.26. The zero-order chi connectivity index (χ0) is 13.9. The molecule has 0 bridgehead atoms. The van der Waals surface area contributed by atoms with Gasteiger partial charge in [0.05, 0.1) is 6.10 Å². The molecule has 3 rings (SSSR count). The van der Waals surface area contributed by atoms with Crippen LogP contribution in [0.3, 0.4) is 0 Å². The van der Waals surface area contributed by atoms with Gasteiger partial charge in [-0.2, -0.15) is 0 Å². The normalized spacial score (nSPS) is 20.3. The second-order valence-electron chi connectivity index (χ2n) is 5.20. The van der Waals surface area contributed by atoms with Gasteiger partial charge < -0.3 is 10.8 Å². The summed E-state index contributed by atoms with van der Waals surface area (Å²) in [7, 11) is 0. The predicted octanol–water partition coefficient (Wildman–Crippen LogP) is 3.30. The highest BCUT2D eigenvalue weighted by molar-refractivity contribution is 7.15. The van der Waals surface area contributed by atoms with Crippen molar-refractivity contribution >= 4 is 40.2 Å². The Morgan fingerprint density at radius 2 is 2.38 bits per heavy atom. The van der Waals surface area contributed by atoms with Crippen molar-refractivity contribution in [1.29, 1.82) is 0 Å². The number of hydrogen-bond acceptors (Lipinski definition) is 6. The van der Waals surface area contributed by atoms with Crippen LogP contribution in [-0.2, 0) is 6.54 Å². The van der Waals surface area contributed by atoms with Crippen LogP contribution in [0.4, 0.5) is 5.13 Å². The quantitative estimate of drug-likeness (QED) is 0.872. The Morgan fingerprint density at radius 3 is 3.05 bits per heavy atom. The number of thiophene rings is 1. The van der Waals surface area contributed by atoms with Crippen LogP contribution < -0.4 is 5.73 Å². The monoisotopic (exact) mass is 345 g/mol. The van der Waals surface area contributed by atoms with Gasteiger partial charge in [0, 0.05) is 28.5 Å². The molecule has 1 saturated heterocycles. The summed E-state index contributed by atoms with van der Waals surface area (Å²) in [6.45, 7) is 2.00. The van der Waals surface area contributed by atoms with E-state index in [9.17, 15) is 5.11 Å². The van der Waals surface area contributed by atoms with Crippen molar-refractivity contribution in [2.24, 2.45) is 0 Å². The number of aromatic nitrogens is 1. The molecule has 21 heavy (non-hydrogen) atoms. The molecule has 2 atom stereocenters. The van der Waals surface area contributed by atoms with E-state index in [0.717, 1.165) is 30.8 Å². The first-order chi connectivity index (χ1) is 9.72. The molecule has 3 heterocycles. The fraction of sp³-hybridized carbons (Fsp3) is 0.500. The van der Waals surface area contributed by atoms with Gasteiger partial charge in [0.1, 0.15) is 0 Å². The van der Waals surface area contributed by atoms with Gasteiger partial charge in [-0.25, -0.2) is 4.98 Å². The van der Waals surface area contributed by atoms with E-state index >= 15 is 0 Å². The number of thiazole rings is 1. The molecule has 0 saturated carbocycles. The third kappa shape index (κ3) is 4.17. The van der Waals surface area contributed by atoms with Gasteiger partial charge in [-0.15, -0.1) is 35.1 Å². The molecule has 116 valence electrons.